The van der Waals surface area contributed by atoms with Crippen molar-refractivity contribution in [2.24, 2.45) is 0 Å². The van der Waals surface area contributed by atoms with Crippen LogP contribution in [0.4, 0.5) is 0 Å². The molecule has 0 spiro atoms. The molecule has 0 atom stereocenters. The Morgan fingerprint density at radius 2 is 0.750 bits per heavy atom. The Hall–Kier alpha value is 2.01. The molecule has 0 amide bonds. The molecular weight excluding hydrogens is 313 g/mol. The van der Waals surface area contributed by atoms with Crippen molar-refractivity contribution >= 4 is 27.0 Å². The maximum Gasteiger partial charge on any atom is 4.00 e. The molecule has 0 nitrogen and oxygen atoms in total. The first-order chi connectivity index (χ1) is 0. The van der Waals surface area contributed by atoms with Crippen molar-refractivity contribution < 1.29 is 40.5 Å². The van der Waals surface area contributed by atoms with Crippen molar-refractivity contribution in [1.82, 2.24) is 0 Å². The molecule has 0 aromatic carbocycles. The quantitative estimate of drug-likeness (QED) is 0.552. The van der Waals surface area contributed by atoms with Gasteiger partial charge in [0.1, 0.15) is 0 Å². The third-order valence-corrected chi connectivity index (χ3v) is 0. The Kier molecular flexibility index (Phi) is 186. The zero-order valence-electron chi connectivity index (χ0n) is 1.93. The normalized spacial score (nSPS) is 0. The first-order valence-corrected chi connectivity index (χ1v) is 0. The minimum Gasteiger partial charge on any atom is -2.00 e. The smallest absolute Gasteiger partial charge is 2.00 e. The predicted molar refractivity (Wildman–Crippen MR) is 14.7 cm³/mol. The van der Waals surface area contributed by atoms with Gasteiger partial charge in [0.05, 0.1) is 0 Å². The predicted octanol–water partition coefficient (Wildman–Crippen LogP) is -0.00980. The fraction of sp³-hybridized carbons (Fsp3) is 0. The second-order valence-corrected chi connectivity index (χ2v) is 0. The van der Waals surface area contributed by atoms with Crippen LogP contribution in [0.1, 0.15) is 0 Å². The summed E-state index contributed by atoms with van der Waals surface area (Å²) in [6.07, 6.45) is 0. The van der Waals surface area contributed by atoms with Crippen LogP contribution in [0.2, 0.25) is 0 Å². The standard InChI is InChI=1S/2S.W.Zn/q2*-2;+4;. The molecule has 0 aromatic rings. The van der Waals surface area contributed by atoms with E-state index >= 15 is 0 Å². The van der Waals surface area contributed by atoms with Crippen LogP contribution in [0.5, 0.6) is 0 Å². The fourth-order valence-electron chi connectivity index (χ4n) is 0. The summed E-state index contributed by atoms with van der Waals surface area (Å²) in [5, 5.41) is 0. The second-order valence-electron chi connectivity index (χ2n) is 0. The van der Waals surface area contributed by atoms with Crippen molar-refractivity contribution in [2.45, 2.75) is 0 Å². The third-order valence-electron chi connectivity index (χ3n) is 0. The van der Waals surface area contributed by atoms with E-state index in [1.807, 2.05) is 0 Å². The molecule has 0 aromatic heterocycles. The van der Waals surface area contributed by atoms with Gasteiger partial charge >= 0.3 is 21.1 Å². The van der Waals surface area contributed by atoms with Gasteiger partial charge in [-0.25, -0.2) is 0 Å². The second kappa shape index (κ2) is 19.9. The molecule has 0 saturated carbocycles. The van der Waals surface area contributed by atoms with Crippen molar-refractivity contribution in [3.63, 3.8) is 0 Å². The minimum absolute atomic E-state index is 0. The average Bonchev–Trinajstić information content (AvgIpc) is 0. The minimum atomic E-state index is 0. The van der Waals surface area contributed by atoms with E-state index in [-0.39, 0.29) is 67.5 Å². The molecule has 0 unspecified atom stereocenters. The molecule has 0 radical (unpaired) electrons. The molecule has 0 fully saturated rings. The first kappa shape index (κ1) is 37.3. The van der Waals surface area contributed by atoms with Gasteiger partial charge in [-0.15, -0.1) is 0 Å². The van der Waals surface area contributed by atoms with Crippen molar-refractivity contribution in [3.05, 3.63) is 0 Å². The van der Waals surface area contributed by atoms with E-state index in [0.717, 1.165) is 0 Å². The maximum absolute atomic E-state index is 0. The van der Waals surface area contributed by atoms with Gasteiger partial charge in [0.25, 0.3) is 0 Å². The Bertz CT molecular complexity index is 6.00. The Labute approximate surface area is 67.0 Å². The molecule has 0 saturated heterocycles. The van der Waals surface area contributed by atoms with Gasteiger partial charge in [-0.2, -0.15) is 0 Å². The molecule has 0 aliphatic rings. The van der Waals surface area contributed by atoms with E-state index in [1.54, 1.807) is 0 Å². The molecule has 0 N–H and O–H groups in total. The van der Waals surface area contributed by atoms with E-state index in [1.165, 1.54) is 0 Å². The Morgan fingerprint density at radius 3 is 0.750 bits per heavy atom. The third kappa shape index (κ3) is 8.99. The molecule has 0 rings (SSSR count). The zero-order valence-corrected chi connectivity index (χ0v) is 9.47. The van der Waals surface area contributed by atoms with Crippen LogP contribution < -0.4 is 0 Å². The zero-order chi connectivity index (χ0) is 0. The van der Waals surface area contributed by atoms with Gasteiger partial charge in [-0.05, 0) is 0 Å². The van der Waals surface area contributed by atoms with Gasteiger partial charge in [-0.1, -0.05) is 0 Å². The molecule has 0 aliphatic carbocycles. The van der Waals surface area contributed by atoms with Crippen molar-refractivity contribution in [2.75, 3.05) is 0 Å². The van der Waals surface area contributed by atoms with E-state index in [4.69, 9.17) is 0 Å². The Balaban J connectivity index is 0. The van der Waals surface area contributed by atoms with Gasteiger partial charge < -0.3 is 27.0 Å². The Morgan fingerprint density at radius 1 is 0.750 bits per heavy atom. The molecule has 4 heteroatoms. The molecule has 0 heterocycles. The first-order valence-electron chi connectivity index (χ1n) is 0. The molecule has 20 valence electrons. The summed E-state index contributed by atoms with van der Waals surface area (Å²) >= 11 is 0. The van der Waals surface area contributed by atoms with Gasteiger partial charge in [0, 0.05) is 19.5 Å². The van der Waals surface area contributed by atoms with Gasteiger partial charge in [0.2, 0.25) is 0 Å². The average molecular weight is 313 g/mol. The summed E-state index contributed by atoms with van der Waals surface area (Å²) in [7, 11) is 0. The topological polar surface area (TPSA) is 0 Å². The monoisotopic (exact) mass is 312 g/mol. The SMILES string of the molecule is [S-2].[S-2].[W+4].[Zn]. The van der Waals surface area contributed by atoms with Crippen LogP contribution in [0.3, 0.4) is 0 Å². The van der Waals surface area contributed by atoms with E-state index in [0.29, 0.717) is 0 Å². The van der Waals surface area contributed by atoms with Crippen LogP contribution in [0.15, 0.2) is 0 Å². The summed E-state index contributed by atoms with van der Waals surface area (Å²) in [4.78, 5) is 0. The van der Waals surface area contributed by atoms with Crippen LogP contribution in [0, 0.1) is 0 Å². The van der Waals surface area contributed by atoms with Crippen molar-refractivity contribution in [3.8, 4) is 0 Å². The van der Waals surface area contributed by atoms with E-state index in [2.05, 4.69) is 0 Å². The van der Waals surface area contributed by atoms with Gasteiger partial charge in [0.15, 0.2) is 0 Å². The van der Waals surface area contributed by atoms with E-state index in [9.17, 15) is 0 Å². The summed E-state index contributed by atoms with van der Waals surface area (Å²) < 4.78 is 0. The van der Waals surface area contributed by atoms with Crippen LogP contribution in [-0.4, -0.2) is 0 Å². The number of hydrogen-bond acceptors (Lipinski definition) is 0. The maximum atomic E-state index is 0. The summed E-state index contributed by atoms with van der Waals surface area (Å²) in [5.74, 6) is 0. The van der Waals surface area contributed by atoms with Crippen LogP contribution >= 0.6 is 0 Å². The molecular formula is S2WZn. The molecule has 0 aliphatic heterocycles. The summed E-state index contributed by atoms with van der Waals surface area (Å²) in [6, 6.07) is 0. The molecule has 0 bridgehead atoms. The largest absolute Gasteiger partial charge is 4.00 e. The van der Waals surface area contributed by atoms with Crippen LogP contribution in [-0.2, 0) is 67.5 Å². The summed E-state index contributed by atoms with van der Waals surface area (Å²) in [5.41, 5.74) is 0. The summed E-state index contributed by atoms with van der Waals surface area (Å²) in [6.45, 7) is 0. The van der Waals surface area contributed by atoms with Crippen LogP contribution in [0.25, 0.3) is 0 Å². The number of rotatable bonds is 0. The van der Waals surface area contributed by atoms with Gasteiger partial charge in [-0.3, -0.25) is 0 Å². The van der Waals surface area contributed by atoms with Crippen molar-refractivity contribution in [1.29, 1.82) is 0 Å². The molecule has 4 heavy (non-hydrogen) atoms. The fourth-order valence-corrected chi connectivity index (χ4v) is 0. The van der Waals surface area contributed by atoms with E-state index < -0.39 is 0 Å². The number of hydrogen-bond donors (Lipinski definition) is 0.